The van der Waals surface area contributed by atoms with E-state index in [1.54, 1.807) is 0 Å². The fourth-order valence-electron chi connectivity index (χ4n) is 1.37. The molecule has 3 N–H and O–H groups in total. The van der Waals surface area contributed by atoms with E-state index in [1.165, 1.54) is 0 Å². The van der Waals surface area contributed by atoms with Gasteiger partial charge in [0, 0.05) is 23.8 Å². The average Bonchev–Trinajstić information content (AvgIpc) is 2.71. The van der Waals surface area contributed by atoms with Crippen molar-refractivity contribution in [2.45, 2.75) is 0 Å². The highest BCUT2D eigenvalue weighted by Crippen LogP contribution is 2.13. The van der Waals surface area contributed by atoms with Crippen molar-refractivity contribution < 1.29 is 0 Å². The molecule has 0 aliphatic rings. The van der Waals surface area contributed by atoms with E-state index in [-0.39, 0.29) is 5.11 Å². The van der Waals surface area contributed by atoms with Crippen LogP contribution in [0.1, 0.15) is 0 Å². The average molecular weight is 217 g/mol. The molecule has 0 unspecified atom stereocenters. The van der Waals surface area contributed by atoms with Crippen molar-refractivity contribution in [3.63, 3.8) is 0 Å². The molecule has 0 saturated heterocycles. The molecule has 0 aliphatic heterocycles. The Morgan fingerprint density at radius 3 is 2.27 bits per heavy atom. The topological polar surface area (TPSA) is 43.0 Å². The van der Waals surface area contributed by atoms with Crippen LogP contribution in [-0.2, 0) is 0 Å². The maximum atomic E-state index is 5.37. The molecular weight excluding hydrogens is 206 g/mol. The first-order chi connectivity index (χ1) is 7.25. The van der Waals surface area contributed by atoms with Crippen LogP contribution in [0.5, 0.6) is 0 Å². The van der Waals surface area contributed by atoms with Crippen molar-refractivity contribution in [3.8, 4) is 5.69 Å². The van der Waals surface area contributed by atoms with Gasteiger partial charge in [0.15, 0.2) is 5.11 Å². The van der Waals surface area contributed by atoms with Gasteiger partial charge in [-0.2, -0.15) is 0 Å². The summed E-state index contributed by atoms with van der Waals surface area (Å²) < 4.78 is 2.03. The Bertz CT molecular complexity index is 445. The quantitative estimate of drug-likeness (QED) is 0.757. The summed E-state index contributed by atoms with van der Waals surface area (Å²) in [6, 6.07) is 11.9. The first-order valence-corrected chi connectivity index (χ1v) is 4.96. The Balaban J connectivity index is 2.21. The molecule has 0 bridgehead atoms. The van der Waals surface area contributed by atoms with Gasteiger partial charge in [-0.1, -0.05) is 0 Å². The number of hydrogen-bond acceptors (Lipinski definition) is 1. The number of anilines is 1. The maximum Gasteiger partial charge on any atom is 0.168 e. The zero-order valence-corrected chi connectivity index (χ0v) is 8.87. The van der Waals surface area contributed by atoms with Crippen molar-refractivity contribution in [2.75, 3.05) is 5.32 Å². The van der Waals surface area contributed by atoms with Crippen LogP contribution in [0.15, 0.2) is 48.8 Å². The molecule has 4 heteroatoms. The summed E-state index contributed by atoms with van der Waals surface area (Å²) >= 11 is 4.75. The summed E-state index contributed by atoms with van der Waals surface area (Å²) in [5.74, 6) is 0. The van der Waals surface area contributed by atoms with Gasteiger partial charge < -0.3 is 15.6 Å². The second-order valence-electron chi connectivity index (χ2n) is 3.13. The molecule has 0 atom stereocenters. The Morgan fingerprint density at radius 1 is 1.13 bits per heavy atom. The third-order valence-electron chi connectivity index (χ3n) is 2.04. The number of rotatable bonds is 2. The zero-order valence-electron chi connectivity index (χ0n) is 8.05. The highest BCUT2D eigenvalue weighted by Gasteiger charge is 1.95. The third kappa shape index (κ3) is 2.35. The molecule has 0 spiro atoms. The molecule has 15 heavy (non-hydrogen) atoms. The lowest BCUT2D eigenvalue weighted by atomic mass is 10.3. The molecule has 2 rings (SSSR count). The minimum Gasteiger partial charge on any atom is -0.376 e. The van der Waals surface area contributed by atoms with Gasteiger partial charge in [-0.15, -0.1) is 0 Å². The molecule has 0 aliphatic carbocycles. The maximum absolute atomic E-state index is 5.37. The number of nitrogens with zero attached hydrogens (tertiary/aromatic N) is 1. The van der Waals surface area contributed by atoms with Crippen LogP contribution in [-0.4, -0.2) is 9.68 Å². The number of aromatic nitrogens is 1. The molecule has 3 nitrogen and oxygen atoms in total. The predicted octanol–water partition coefficient (Wildman–Crippen LogP) is 2.13. The van der Waals surface area contributed by atoms with Crippen molar-refractivity contribution in [1.82, 2.24) is 4.57 Å². The minimum atomic E-state index is 0.281. The smallest absolute Gasteiger partial charge is 0.168 e. The summed E-state index contributed by atoms with van der Waals surface area (Å²) in [4.78, 5) is 0. The molecule has 0 fully saturated rings. The van der Waals surface area contributed by atoms with Gasteiger partial charge in [0.25, 0.3) is 0 Å². The van der Waals surface area contributed by atoms with Gasteiger partial charge in [-0.05, 0) is 48.6 Å². The monoisotopic (exact) mass is 217 g/mol. The van der Waals surface area contributed by atoms with E-state index in [0.717, 1.165) is 11.4 Å². The number of thiocarbonyl (C=S) groups is 1. The van der Waals surface area contributed by atoms with Crippen LogP contribution in [0.4, 0.5) is 5.69 Å². The highest BCUT2D eigenvalue weighted by atomic mass is 32.1. The zero-order chi connectivity index (χ0) is 10.7. The van der Waals surface area contributed by atoms with E-state index < -0.39 is 0 Å². The SMILES string of the molecule is NC(=S)Nc1ccc(-n2cccc2)cc1. The third-order valence-corrected chi connectivity index (χ3v) is 2.14. The summed E-state index contributed by atoms with van der Waals surface area (Å²) in [7, 11) is 0. The molecule has 76 valence electrons. The van der Waals surface area contributed by atoms with Crippen LogP contribution >= 0.6 is 12.2 Å². The molecule has 1 heterocycles. The lowest BCUT2D eigenvalue weighted by molar-refractivity contribution is 1.08. The van der Waals surface area contributed by atoms with Crippen molar-refractivity contribution in [1.29, 1.82) is 0 Å². The first-order valence-electron chi connectivity index (χ1n) is 4.55. The van der Waals surface area contributed by atoms with E-state index in [0.29, 0.717) is 0 Å². The van der Waals surface area contributed by atoms with Crippen LogP contribution in [0.2, 0.25) is 0 Å². The molecule has 1 aromatic heterocycles. The molecule has 2 aromatic rings. The molecule has 0 amide bonds. The lowest BCUT2D eigenvalue weighted by Crippen LogP contribution is -2.18. The Labute approximate surface area is 93.5 Å². The second-order valence-corrected chi connectivity index (χ2v) is 3.57. The first kappa shape index (κ1) is 9.73. The Kier molecular flexibility index (Phi) is 2.69. The second kappa shape index (κ2) is 4.14. The largest absolute Gasteiger partial charge is 0.376 e. The number of nitrogens with one attached hydrogen (secondary N) is 1. The summed E-state index contributed by atoms with van der Waals surface area (Å²) in [5.41, 5.74) is 7.38. The molecule has 0 radical (unpaired) electrons. The van der Waals surface area contributed by atoms with Gasteiger partial charge in [-0.3, -0.25) is 0 Å². The van der Waals surface area contributed by atoms with E-state index in [2.05, 4.69) is 5.32 Å². The highest BCUT2D eigenvalue weighted by molar-refractivity contribution is 7.80. The van der Waals surface area contributed by atoms with E-state index >= 15 is 0 Å². The number of benzene rings is 1. The van der Waals surface area contributed by atoms with Crippen LogP contribution in [0.25, 0.3) is 5.69 Å². The Morgan fingerprint density at radius 2 is 1.73 bits per heavy atom. The lowest BCUT2D eigenvalue weighted by Gasteiger charge is -2.06. The predicted molar refractivity (Wildman–Crippen MR) is 66.2 cm³/mol. The van der Waals surface area contributed by atoms with Crippen LogP contribution < -0.4 is 11.1 Å². The molecule has 1 aromatic carbocycles. The number of nitrogens with two attached hydrogens (primary N) is 1. The fraction of sp³-hybridized carbons (Fsp3) is 0. The van der Waals surface area contributed by atoms with Crippen LogP contribution in [0.3, 0.4) is 0 Å². The van der Waals surface area contributed by atoms with Gasteiger partial charge >= 0.3 is 0 Å². The standard InChI is InChI=1S/C11H11N3S/c12-11(15)13-9-3-5-10(6-4-9)14-7-1-2-8-14/h1-8H,(H3,12,13,15). The summed E-state index contributed by atoms with van der Waals surface area (Å²) in [6.45, 7) is 0. The van der Waals surface area contributed by atoms with E-state index in [9.17, 15) is 0 Å². The molecule has 0 saturated carbocycles. The summed E-state index contributed by atoms with van der Waals surface area (Å²) in [6.07, 6.45) is 3.99. The van der Waals surface area contributed by atoms with Crippen molar-refractivity contribution in [3.05, 3.63) is 48.8 Å². The number of hydrogen-bond donors (Lipinski definition) is 2. The van der Waals surface area contributed by atoms with Gasteiger partial charge in [-0.25, -0.2) is 0 Å². The van der Waals surface area contributed by atoms with Gasteiger partial charge in [0.05, 0.1) is 0 Å². The Hall–Kier alpha value is -1.81. The van der Waals surface area contributed by atoms with Crippen molar-refractivity contribution >= 4 is 23.0 Å². The van der Waals surface area contributed by atoms with E-state index in [4.69, 9.17) is 18.0 Å². The van der Waals surface area contributed by atoms with Crippen molar-refractivity contribution in [2.24, 2.45) is 5.73 Å². The fourth-order valence-corrected chi connectivity index (χ4v) is 1.48. The minimum absolute atomic E-state index is 0.281. The van der Waals surface area contributed by atoms with Gasteiger partial charge in [0.2, 0.25) is 0 Å². The van der Waals surface area contributed by atoms with Gasteiger partial charge in [0.1, 0.15) is 0 Å². The van der Waals surface area contributed by atoms with E-state index in [1.807, 2.05) is 53.4 Å². The normalized spacial score (nSPS) is 9.87. The van der Waals surface area contributed by atoms with Crippen LogP contribution in [0, 0.1) is 0 Å². The summed E-state index contributed by atoms with van der Waals surface area (Å²) in [5, 5.41) is 3.16. The molecular formula is C11H11N3S.